The molecule has 1 N–H and O–H groups in total. The van der Waals surface area contributed by atoms with Crippen molar-refractivity contribution < 1.29 is 14.7 Å². The molecule has 2 rings (SSSR count). The molecule has 0 bridgehead atoms. The van der Waals surface area contributed by atoms with Gasteiger partial charge in [-0.25, -0.2) is 0 Å². The second kappa shape index (κ2) is 7.69. The number of hydrogen-bond acceptors (Lipinski definition) is 4. The normalized spacial score (nSPS) is 10.8. The SMILES string of the molecule is CCOc1cc(/C=N\O)cc(Br)c1OCc1ccccc1. The fourth-order valence-electron chi connectivity index (χ4n) is 1.86. The predicted octanol–water partition coefficient (Wildman–Crippen LogP) is 4.23. The van der Waals surface area contributed by atoms with E-state index in [1.165, 1.54) is 6.21 Å². The zero-order valence-electron chi connectivity index (χ0n) is 11.6. The molecule has 21 heavy (non-hydrogen) atoms. The van der Waals surface area contributed by atoms with Gasteiger partial charge in [-0.2, -0.15) is 0 Å². The molecule has 5 heteroatoms. The molecule has 0 unspecified atom stereocenters. The van der Waals surface area contributed by atoms with Crippen LogP contribution in [0.25, 0.3) is 0 Å². The molecule has 0 aliphatic rings. The van der Waals surface area contributed by atoms with E-state index in [9.17, 15) is 0 Å². The summed E-state index contributed by atoms with van der Waals surface area (Å²) in [4.78, 5) is 0. The Bertz CT molecular complexity index is 614. The molecule has 0 aliphatic heterocycles. The molecule has 4 nitrogen and oxygen atoms in total. The van der Waals surface area contributed by atoms with Crippen LogP contribution in [0.5, 0.6) is 11.5 Å². The predicted molar refractivity (Wildman–Crippen MR) is 85.5 cm³/mol. The second-order valence-electron chi connectivity index (χ2n) is 4.28. The number of benzene rings is 2. The lowest BCUT2D eigenvalue weighted by atomic mass is 10.2. The highest BCUT2D eigenvalue weighted by Gasteiger charge is 2.12. The van der Waals surface area contributed by atoms with Gasteiger partial charge in [0.15, 0.2) is 11.5 Å². The second-order valence-corrected chi connectivity index (χ2v) is 5.14. The Morgan fingerprint density at radius 2 is 1.95 bits per heavy atom. The average Bonchev–Trinajstić information content (AvgIpc) is 2.48. The van der Waals surface area contributed by atoms with E-state index in [0.717, 1.165) is 15.6 Å². The average molecular weight is 350 g/mol. The van der Waals surface area contributed by atoms with E-state index in [2.05, 4.69) is 21.1 Å². The van der Waals surface area contributed by atoms with Gasteiger partial charge < -0.3 is 14.7 Å². The summed E-state index contributed by atoms with van der Waals surface area (Å²) in [6, 6.07) is 13.5. The summed E-state index contributed by atoms with van der Waals surface area (Å²) in [6.07, 6.45) is 1.34. The number of halogens is 1. The quantitative estimate of drug-likeness (QED) is 0.482. The molecule has 0 saturated heterocycles. The summed E-state index contributed by atoms with van der Waals surface area (Å²) in [5.41, 5.74) is 1.80. The number of oxime groups is 1. The van der Waals surface area contributed by atoms with Gasteiger partial charge in [0.1, 0.15) is 6.61 Å². The van der Waals surface area contributed by atoms with Crippen LogP contribution in [0, 0.1) is 0 Å². The summed E-state index contributed by atoms with van der Waals surface area (Å²) >= 11 is 3.46. The van der Waals surface area contributed by atoms with Crippen molar-refractivity contribution in [3.63, 3.8) is 0 Å². The highest BCUT2D eigenvalue weighted by molar-refractivity contribution is 9.10. The molecule has 2 aromatic carbocycles. The Morgan fingerprint density at radius 1 is 1.19 bits per heavy atom. The first-order valence-electron chi connectivity index (χ1n) is 6.55. The van der Waals surface area contributed by atoms with Crippen LogP contribution in [0.4, 0.5) is 0 Å². The zero-order valence-corrected chi connectivity index (χ0v) is 13.2. The molecule has 0 fully saturated rings. The van der Waals surface area contributed by atoms with Crippen LogP contribution in [-0.4, -0.2) is 18.0 Å². The molecule has 0 heterocycles. The van der Waals surface area contributed by atoms with Crippen molar-refractivity contribution in [1.82, 2.24) is 0 Å². The first kappa shape index (κ1) is 15.4. The molecule has 0 saturated carbocycles. The van der Waals surface area contributed by atoms with Gasteiger partial charge in [0, 0.05) is 5.56 Å². The first-order chi connectivity index (χ1) is 10.2. The van der Waals surface area contributed by atoms with Gasteiger partial charge in [-0.15, -0.1) is 0 Å². The van der Waals surface area contributed by atoms with Crippen molar-refractivity contribution in [2.75, 3.05) is 6.61 Å². The lowest BCUT2D eigenvalue weighted by molar-refractivity contribution is 0.267. The summed E-state index contributed by atoms with van der Waals surface area (Å²) in [7, 11) is 0. The summed E-state index contributed by atoms with van der Waals surface area (Å²) in [5.74, 6) is 1.24. The molecule has 0 radical (unpaired) electrons. The third-order valence-corrected chi connectivity index (χ3v) is 3.35. The van der Waals surface area contributed by atoms with Gasteiger partial charge in [-0.1, -0.05) is 35.5 Å². The molecule has 0 amide bonds. The molecule has 2 aromatic rings. The number of ether oxygens (including phenoxy) is 2. The zero-order chi connectivity index (χ0) is 15.1. The van der Waals surface area contributed by atoms with Gasteiger partial charge in [0.25, 0.3) is 0 Å². The Hall–Kier alpha value is -2.01. The van der Waals surface area contributed by atoms with Crippen molar-refractivity contribution in [3.05, 3.63) is 58.1 Å². The van der Waals surface area contributed by atoms with Gasteiger partial charge >= 0.3 is 0 Å². The minimum absolute atomic E-state index is 0.451. The molecule has 110 valence electrons. The molecular formula is C16H16BrNO3. The maximum atomic E-state index is 8.63. The molecule has 0 spiro atoms. The van der Waals surface area contributed by atoms with Gasteiger partial charge in [0.2, 0.25) is 0 Å². The Morgan fingerprint density at radius 3 is 2.62 bits per heavy atom. The van der Waals surface area contributed by atoms with Crippen LogP contribution in [0.3, 0.4) is 0 Å². The van der Waals surface area contributed by atoms with E-state index < -0.39 is 0 Å². The van der Waals surface area contributed by atoms with Gasteiger partial charge in [-0.3, -0.25) is 0 Å². The fourth-order valence-corrected chi connectivity index (χ4v) is 2.44. The first-order valence-corrected chi connectivity index (χ1v) is 7.34. The Kier molecular flexibility index (Phi) is 5.63. The van der Waals surface area contributed by atoms with Crippen molar-refractivity contribution in [2.45, 2.75) is 13.5 Å². The number of nitrogens with zero attached hydrogens (tertiary/aromatic N) is 1. The monoisotopic (exact) mass is 349 g/mol. The minimum Gasteiger partial charge on any atom is -0.490 e. The molecular weight excluding hydrogens is 334 g/mol. The third kappa shape index (κ3) is 4.23. The lowest BCUT2D eigenvalue weighted by Gasteiger charge is -2.14. The maximum absolute atomic E-state index is 8.63. The van der Waals surface area contributed by atoms with Crippen LogP contribution in [0.2, 0.25) is 0 Å². The van der Waals surface area contributed by atoms with E-state index >= 15 is 0 Å². The molecule has 0 atom stereocenters. The summed E-state index contributed by atoms with van der Waals surface area (Å²) in [6.45, 7) is 2.88. The van der Waals surface area contributed by atoms with E-state index in [-0.39, 0.29) is 0 Å². The largest absolute Gasteiger partial charge is 0.490 e. The highest BCUT2D eigenvalue weighted by atomic mass is 79.9. The van der Waals surface area contributed by atoms with Crippen molar-refractivity contribution in [3.8, 4) is 11.5 Å². The Labute approximate surface area is 132 Å². The van der Waals surface area contributed by atoms with Crippen molar-refractivity contribution in [2.24, 2.45) is 5.16 Å². The van der Waals surface area contributed by atoms with Crippen LogP contribution < -0.4 is 9.47 Å². The van der Waals surface area contributed by atoms with E-state index in [0.29, 0.717) is 24.7 Å². The highest BCUT2D eigenvalue weighted by Crippen LogP contribution is 2.37. The smallest absolute Gasteiger partial charge is 0.175 e. The minimum atomic E-state index is 0.451. The van der Waals surface area contributed by atoms with Gasteiger partial charge in [-0.05, 0) is 40.5 Å². The lowest BCUT2D eigenvalue weighted by Crippen LogP contribution is -2.01. The number of rotatable bonds is 6. The third-order valence-electron chi connectivity index (χ3n) is 2.76. The van der Waals surface area contributed by atoms with E-state index in [1.807, 2.05) is 43.3 Å². The molecule has 0 aliphatic carbocycles. The van der Waals surface area contributed by atoms with E-state index in [4.69, 9.17) is 14.7 Å². The Balaban J connectivity index is 2.24. The fraction of sp³-hybridized carbons (Fsp3) is 0.188. The van der Waals surface area contributed by atoms with Crippen molar-refractivity contribution in [1.29, 1.82) is 0 Å². The van der Waals surface area contributed by atoms with Crippen molar-refractivity contribution >= 4 is 22.1 Å². The van der Waals surface area contributed by atoms with Crippen LogP contribution in [-0.2, 0) is 6.61 Å². The topological polar surface area (TPSA) is 51.0 Å². The van der Waals surface area contributed by atoms with Crippen LogP contribution in [0.1, 0.15) is 18.1 Å². The maximum Gasteiger partial charge on any atom is 0.175 e. The van der Waals surface area contributed by atoms with Crippen LogP contribution >= 0.6 is 15.9 Å². The van der Waals surface area contributed by atoms with Gasteiger partial charge in [0.05, 0.1) is 17.3 Å². The van der Waals surface area contributed by atoms with E-state index in [1.54, 1.807) is 6.07 Å². The number of hydrogen-bond donors (Lipinski definition) is 1. The molecule has 0 aromatic heterocycles. The summed E-state index contributed by atoms with van der Waals surface area (Å²) in [5, 5.41) is 11.7. The van der Waals surface area contributed by atoms with Crippen LogP contribution in [0.15, 0.2) is 52.1 Å². The summed E-state index contributed by atoms with van der Waals surface area (Å²) < 4.78 is 12.2. The standard InChI is InChI=1S/C16H16BrNO3/c1-2-20-15-9-13(10-18-19)8-14(17)16(15)21-11-12-6-4-3-5-7-12/h3-10,19H,2,11H2,1H3/b18-10-.